The van der Waals surface area contributed by atoms with Crippen LogP contribution in [0.3, 0.4) is 0 Å². The molecule has 1 amide bonds. The summed E-state index contributed by atoms with van der Waals surface area (Å²) in [6.07, 6.45) is 1.31. The third-order valence-corrected chi connectivity index (χ3v) is 2.90. The zero-order chi connectivity index (χ0) is 14.7. The molecule has 0 spiro atoms. The molecule has 104 valence electrons. The molecule has 0 unspecified atom stereocenters. The molecule has 0 fully saturated rings. The number of carboxylic acid groups (broad SMARTS) is 1. The minimum Gasteiger partial charge on any atom is -0.476 e. The van der Waals surface area contributed by atoms with Gasteiger partial charge in [-0.3, -0.25) is 9.48 Å². The smallest absolute Gasteiger partial charge is 0.358 e. The molecule has 0 saturated heterocycles. The summed E-state index contributed by atoms with van der Waals surface area (Å²) in [5, 5.41) is 15.2. The normalized spacial score (nSPS) is 10.2. The molecule has 20 heavy (non-hydrogen) atoms. The summed E-state index contributed by atoms with van der Waals surface area (Å²) >= 11 is 3.30. The van der Waals surface area contributed by atoms with Gasteiger partial charge in [-0.25, -0.2) is 4.79 Å². The lowest BCUT2D eigenvalue weighted by atomic mass is 10.3. The molecule has 1 aromatic heterocycles. The van der Waals surface area contributed by atoms with E-state index in [1.165, 1.54) is 10.9 Å². The quantitative estimate of drug-likeness (QED) is 0.783. The molecule has 0 bridgehead atoms. The lowest BCUT2D eigenvalue weighted by Gasteiger charge is -2.05. The molecule has 2 rings (SSSR count). The van der Waals surface area contributed by atoms with Gasteiger partial charge >= 0.3 is 5.97 Å². The Hall–Kier alpha value is -2.35. The monoisotopic (exact) mass is 338 g/mol. The van der Waals surface area contributed by atoms with Crippen molar-refractivity contribution in [3.8, 4) is 0 Å². The van der Waals surface area contributed by atoms with Gasteiger partial charge in [0.1, 0.15) is 6.54 Å². The Morgan fingerprint density at radius 3 is 2.80 bits per heavy atom. The van der Waals surface area contributed by atoms with Gasteiger partial charge in [0.05, 0.1) is 5.69 Å². The largest absolute Gasteiger partial charge is 0.476 e. The number of carbonyl (C=O) groups excluding carboxylic acids is 1. The molecule has 4 N–H and O–H groups in total. The molecule has 2 aromatic rings. The Bertz CT molecular complexity index is 668. The third-order valence-electron chi connectivity index (χ3n) is 2.41. The highest BCUT2D eigenvalue weighted by Crippen LogP contribution is 2.15. The zero-order valence-corrected chi connectivity index (χ0v) is 11.8. The van der Waals surface area contributed by atoms with Crippen LogP contribution in [0.25, 0.3) is 0 Å². The molecular formula is C12H11BrN4O3. The fourth-order valence-corrected chi connectivity index (χ4v) is 2.00. The van der Waals surface area contributed by atoms with E-state index in [9.17, 15) is 9.59 Å². The van der Waals surface area contributed by atoms with Crippen LogP contribution in [0, 0.1) is 0 Å². The molecular weight excluding hydrogens is 328 g/mol. The Morgan fingerprint density at radius 1 is 1.45 bits per heavy atom. The van der Waals surface area contributed by atoms with E-state index >= 15 is 0 Å². The van der Waals surface area contributed by atoms with Crippen LogP contribution >= 0.6 is 15.9 Å². The number of halogens is 1. The van der Waals surface area contributed by atoms with Gasteiger partial charge in [0.2, 0.25) is 5.91 Å². The number of aromatic nitrogens is 2. The molecule has 0 radical (unpaired) electrons. The fraction of sp³-hybridized carbons (Fsp3) is 0.0833. The zero-order valence-electron chi connectivity index (χ0n) is 10.2. The van der Waals surface area contributed by atoms with Crippen LogP contribution in [0.2, 0.25) is 0 Å². The maximum Gasteiger partial charge on any atom is 0.358 e. The second kappa shape index (κ2) is 5.74. The van der Waals surface area contributed by atoms with Gasteiger partial charge < -0.3 is 16.2 Å². The van der Waals surface area contributed by atoms with Crippen LogP contribution < -0.4 is 11.1 Å². The van der Waals surface area contributed by atoms with Gasteiger partial charge in [-0.15, -0.1) is 0 Å². The van der Waals surface area contributed by atoms with Crippen LogP contribution in [0.1, 0.15) is 10.5 Å². The minimum atomic E-state index is -1.23. The van der Waals surface area contributed by atoms with Gasteiger partial charge in [0.15, 0.2) is 5.69 Å². The Morgan fingerprint density at radius 2 is 2.20 bits per heavy atom. The van der Waals surface area contributed by atoms with E-state index in [2.05, 4.69) is 26.3 Å². The third kappa shape index (κ3) is 3.35. The molecule has 1 heterocycles. The number of amides is 1. The van der Waals surface area contributed by atoms with Crippen molar-refractivity contribution in [2.45, 2.75) is 6.54 Å². The number of nitrogen functional groups attached to an aromatic ring is 1. The number of benzene rings is 1. The van der Waals surface area contributed by atoms with Crippen LogP contribution in [0.15, 0.2) is 34.9 Å². The molecule has 7 nitrogen and oxygen atoms in total. The summed E-state index contributed by atoms with van der Waals surface area (Å²) in [7, 11) is 0. The number of rotatable bonds is 4. The first-order valence-electron chi connectivity index (χ1n) is 5.57. The van der Waals surface area contributed by atoms with Crippen molar-refractivity contribution in [2.24, 2.45) is 0 Å². The van der Waals surface area contributed by atoms with E-state index in [0.717, 1.165) is 4.47 Å². The maximum atomic E-state index is 11.8. The summed E-state index contributed by atoms with van der Waals surface area (Å²) in [6.45, 7) is -0.121. The number of aromatic carboxylic acids is 1. The van der Waals surface area contributed by atoms with E-state index < -0.39 is 5.97 Å². The van der Waals surface area contributed by atoms with Crippen molar-refractivity contribution < 1.29 is 14.7 Å². The number of nitrogens with one attached hydrogen (secondary N) is 1. The molecule has 0 atom stereocenters. The van der Waals surface area contributed by atoms with Crippen molar-refractivity contribution in [1.29, 1.82) is 0 Å². The van der Waals surface area contributed by atoms with E-state index in [0.29, 0.717) is 5.69 Å². The van der Waals surface area contributed by atoms with E-state index in [-0.39, 0.29) is 23.8 Å². The first-order chi connectivity index (χ1) is 9.45. The predicted molar refractivity (Wildman–Crippen MR) is 76.4 cm³/mol. The lowest BCUT2D eigenvalue weighted by Crippen LogP contribution is -2.19. The number of nitrogens with two attached hydrogens (primary N) is 1. The van der Waals surface area contributed by atoms with Crippen LogP contribution in [0.5, 0.6) is 0 Å². The summed E-state index contributed by atoms with van der Waals surface area (Å²) in [4.78, 5) is 22.6. The molecule has 0 aliphatic rings. The van der Waals surface area contributed by atoms with Crippen molar-refractivity contribution in [2.75, 3.05) is 11.1 Å². The SMILES string of the molecule is Nc1cn(CC(=O)Nc2cccc(Br)c2)nc1C(=O)O. The van der Waals surface area contributed by atoms with E-state index in [1.807, 2.05) is 6.07 Å². The second-order valence-corrected chi connectivity index (χ2v) is 4.91. The standard InChI is InChI=1S/C12H11BrN4O3/c13-7-2-1-3-8(4-7)15-10(18)6-17-5-9(14)11(16-17)12(19)20/h1-5H,6,14H2,(H,15,18)(H,19,20). The average molecular weight is 339 g/mol. The predicted octanol–water partition coefficient (Wildman–Crippen LogP) is 1.56. The highest BCUT2D eigenvalue weighted by atomic mass is 79.9. The van der Waals surface area contributed by atoms with Crippen molar-refractivity contribution >= 4 is 39.2 Å². The van der Waals surface area contributed by atoms with Crippen LogP contribution in [-0.4, -0.2) is 26.8 Å². The number of anilines is 2. The van der Waals surface area contributed by atoms with Gasteiger partial charge in [-0.05, 0) is 18.2 Å². The van der Waals surface area contributed by atoms with Gasteiger partial charge in [-0.1, -0.05) is 22.0 Å². The molecule has 0 aliphatic carbocycles. The van der Waals surface area contributed by atoms with Crippen LogP contribution in [-0.2, 0) is 11.3 Å². The highest BCUT2D eigenvalue weighted by Gasteiger charge is 2.14. The second-order valence-electron chi connectivity index (χ2n) is 3.99. The molecule has 0 saturated carbocycles. The summed E-state index contributed by atoms with van der Waals surface area (Å²) in [5.41, 5.74) is 5.87. The maximum absolute atomic E-state index is 11.8. The van der Waals surface area contributed by atoms with E-state index in [4.69, 9.17) is 10.8 Å². The van der Waals surface area contributed by atoms with Crippen LogP contribution in [0.4, 0.5) is 11.4 Å². The van der Waals surface area contributed by atoms with Gasteiger partial charge in [-0.2, -0.15) is 5.10 Å². The molecule has 1 aromatic carbocycles. The highest BCUT2D eigenvalue weighted by molar-refractivity contribution is 9.10. The van der Waals surface area contributed by atoms with Crippen molar-refractivity contribution in [3.05, 3.63) is 40.6 Å². The van der Waals surface area contributed by atoms with Crippen molar-refractivity contribution in [3.63, 3.8) is 0 Å². The minimum absolute atomic E-state index is 0.0211. The summed E-state index contributed by atoms with van der Waals surface area (Å²) in [6, 6.07) is 7.11. The number of hydrogen-bond acceptors (Lipinski definition) is 4. The number of nitrogens with zero attached hydrogens (tertiary/aromatic N) is 2. The lowest BCUT2D eigenvalue weighted by molar-refractivity contribution is -0.116. The number of hydrogen-bond donors (Lipinski definition) is 3. The number of carboxylic acids is 1. The topological polar surface area (TPSA) is 110 Å². The Kier molecular flexibility index (Phi) is 4.04. The first kappa shape index (κ1) is 14.1. The Labute approximate surface area is 122 Å². The average Bonchev–Trinajstić information content (AvgIpc) is 2.70. The fourth-order valence-electron chi connectivity index (χ4n) is 1.60. The van der Waals surface area contributed by atoms with Crippen molar-refractivity contribution in [1.82, 2.24) is 9.78 Å². The van der Waals surface area contributed by atoms with Gasteiger partial charge in [0, 0.05) is 16.4 Å². The first-order valence-corrected chi connectivity index (χ1v) is 6.36. The summed E-state index contributed by atoms with van der Waals surface area (Å²) < 4.78 is 2.03. The summed E-state index contributed by atoms with van der Waals surface area (Å²) in [5.74, 6) is -1.56. The Balaban J connectivity index is 2.05. The molecule has 0 aliphatic heterocycles. The van der Waals surface area contributed by atoms with Gasteiger partial charge in [0.25, 0.3) is 0 Å². The molecule has 8 heteroatoms. The number of carbonyl (C=O) groups is 2. The van der Waals surface area contributed by atoms with E-state index in [1.54, 1.807) is 18.2 Å².